The molecule has 0 radical (unpaired) electrons. The Balaban J connectivity index is 1.76. The van der Waals surface area contributed by atoms with E-state index in [0.717, 1.165) is 16.2 Å². The number of H-pyrrole nitrogens is 1. The summed E-state index contributed by atoms with van der Waals surface area (Å²) >= 11 is 1.49. The highest BCUT2D eigenvalue weighted by Crippen LogP contribution is 2.24. The summed E-state index contributed by atoms with van der Waals surface area (Å²) in [4.78, 5) is 30.1. The number of imidazole rings is 1. The molecule has 0 amide bonds. The number of aromatic amines is 1. The van der Waals surface area contributed by atoms with Crippen LogP contribution in [-0.4, -0.2) is 36.0 Å². The van der Waals surface area contributed by atoms with Gasteiger partial charge in [0.2, 0.25) is 0 Å². The zero-order valence-corrected chi connectivity index (χ0v) is 11.0. The summed E-state index contributed by atoms with van der Waals surface area (Å²) in [5.41, 5.74) is 2.37. The molecule has 0 spiro atoms. The van der Waals surface area contributed by atoms with Gasteiger partial charge in [0.05, 0.1) is 17.6 Å². The molecular formula is C12H9N5O2S. The van der Waals surface area contributed by atoms with E-state index < -0.39 is 5.97 Å². The van der Waals surface area contributed by atoms with Crippen molar-refractivity contribution >= 4 is 28.9 Å². The van der Waals surface area contributed by atoms with Gasteiger partial charge in [0.15, 0.2) is 5.65 Å². The molecule has 0 aromatic carbocycles. The fraction of sp³-hybridized carbons (Fsp3) is 0.0833. The molecule has 0 unspecified atom stereocenters. The maximum Gasteiger partial charge on any atom is 0.337 e. The van der Waals surface area contributed by atoms with E-state index in [0.29, 0.717) is 11.4 Å². The van der Waals surface area contributed by atoms with Crippen molar-refractivity contribution in [2.24, 2.45) is 0 Å². The fourth-order valence-corrected chi connectivity index (χ4v) is 2.50. The SMILES string of the molecule is O=C(O)c1ccc(CSc2ncnc3nc[nH]c23)nc1. The Bertz CT molecular complexity index is 756. The Morgan fingerprint density at radius 2 is 2.15 bits per heavy atom. The average molecular weight is 287 g/mol. The number of rotatable bonds is 4. The van der Waals surface area contributed by atoms with Crippen LogP contribution >= 0.6 is 11.8 Å². The van der Waals surface area contributed by atoms with Crippen LogP contribution in [0.25, 0.3) is 11.2 Å². The van der Waals surface area contributed by atoms with Crippen LogP contribution in [0.4, 0.5) is 0 Å². The Kier molecular flexibility index (Phi) is 3.30. The van der Waals surface area contributed by atoms with Crippen LogP contribution in [0.2, 0.25) is 0 Å². The van der Waals surface area contributed by atoms with Gasteiger partial charge in [-0.25, -0.2) is 19.7 Å². The maximum absolute atomic E-state index is 10.7. The van der Waals surface area contributed by atoms with Gasteiger partial charge in [0.1, 0.15) is 16.9 Å². The molecule has 0 aliphatic rings. The van der Waals surface area contributed by atoms with Gasteiger partial charge in [-0.1, -0.05) is 11.8 Å². The minimum absolute atomic E-state index is 0.178. The lowest BCUT2D eigenvalue weighted by molar-refractivity contribution is 0.0696. The van der Waals surface area contributed by atoms with Gasteiger partial charge in [0, 0.05) is 11.9 Å². The smallest absolute Gasteiger partial charge is 0.337 e. The number of aromatic nitrogens is 5. The molecular weight excluding hydrogens is 278 g/mol. The predicted octanol–water partition coefficient (Wildman–Crippen LogP) is 1.74. The van der Waals surface area contributed by atoms with Crippen molar-refractivity contribution < 1.29 is 9.90 Å². The van der Waals surface area contributed by atoms with Crippen molar-refractivity contribution in [1.82, 2.24) is 24.9 Å². The minimum Gasteiger partial charge on any atom is -0.478 e. The van der Waals surface area contributed by atoms with Gasteiger partial charge < -0.3 is 10.1 Å². The lowest BCUT2D eigenvalue weighted by Gasteiger charge is -2.02. The number of hydrogen-bond acceptors (Lipinski definition) is 6. The molecule has 0 saturated heterocycles. The van der Waals surface area contributed by atoms with Crippen LogP contribution in [0.5, 0.6) is 0 Å². The molecule has 3 aromatic heterocycles. The second kappa shape index (κ2) is 5.25. The van der Waals surface area contributed by atoms with Crippen LogP contribution in [0.15, 0.2) is 36.0 Å². The maximum atomic E-state index is 10.7. The first-order valence-electron chi connectivity index (χ1n) is 5.69. The van der Waals surface area contributed by atoms with E-state index in [-0.39, 0.29) is 5.56 Å². The molecule has 100 valence electrons. The molecule has 0 aliphatic carbocycles. The summed E-state index contributed by atoms with van der Waals surface area (Å²) in [5.74, 6) is -0.392. The third-order valence-electron chi connectivity index (χ3n) is 2.62. The number of carbonyl (C=O) groups is 1. The van der Waals surface area contributed by atoms with Crippen LogP contribution in [0.1, 0.15) is 16.1 Å². The van der Waals surface area contributed by atoms with Crippen molar-refractivity contribution in [1.29, 1.82) is 0 Å². The first-order chi connectivity index (χ1) is 9.74. The third-order valence-corrected chi connectivity index (χ3v) is 3.64. The summed E-state index contributed by atoms with van der Waals surface area (Å²) in [7, 11) is 0. The minimum atomic E-state index is -0.980. The molecule has 0 atom stereocenters. The highest BCUT2D eigenvalue weighted by Gasteiger charge is 2.08. The number of carboxylic acids is 1. The summed E-state index contributed by atoms with van der Waals surface area (Å²) in [5, 5.41) is 9.59. The van der Waals surface area contributed by atoms with Crippen molar-refractivity contribution in [3.05, 3.63) is 42.2 Å². The number of thioether (sulfide) groups is 1. The van der Waals surface area contributed by atoms with Crippen molar-refractivity contribution in [2.75, 3.05) is 0 Å². The van der Waals surface area contributed by atoms with Crippen LogP contribution in [0, 0.1) is 0 Å². The summed E-state index contributed by atoms with van der Waals surface area (Å²) in [6.45, 7) is 0. The van der Waals surface area contributed by atoms with Gasteiger partial charge in [-0.3, -0.25) is 4.98 Å². The zero-order chi connectivity index (χ0) is 13.9. The van der Waals surface area contributed by atoms with Gasteiger partial charge >= 0.3 is 5.97 Å². The van der Waals surface area contributed by atoms with Gasteiger partial charge in [-0.2, -0.15) is 0 Å². The van der Waals surface area contributed by atoms with E-state index in [1.807, 2.05) is 0 Å². The normalized spacial score (nSPS) is 10.8. The number of pyridine rings is 1. The van der Waals surface area contributed by atoms with E-state index in [9.17, 15) is 4.79 Å². The Labute approximate surface area is 117 Å². The summed E-state index contributed by atoms with van der Waals surface area (Å²) < 4.78 is 0. The monoisotopic (exact) mass is 287 g/mol. The largest absolute Gasteiger partial charge is 0.478 e. The van der Waals surface area contributed by atoms with Crippen LogP contribution < -0.4 is 0 Å². The molecule has 0 aliphatic heterocycles. The Morgan fingerprint density at radius 1 is 1.25 bits per heavy atom. The van der Waals surface area contributed by atoms with Crippen LogP contribution in [0.3, 0.4) is 0 Å². The Morgan fingerprint density at radius 3 is 2.90 bits per heavy atom. The van der Waals surface area contributed by atoms with Crippen molar-refractivity contribution in [3.8, 4) is 0 Å². The number of fused-ring (bicyclic) bond motifs is 1. The van der Waals surface area contributed by atoms with Crippen molar-refractivity contribution in [2.45, 2.75) is 10.8 Å². The topological polar surface area (TPSA) is 105 Å². The number of aromatic carboxylic acids is 1. The first-order valence-corrected chi connectivity index (χ1v) is 6.67. The van der Waals surface area contributed by atoms with E-state index in [4.69, 9.17) is 5.11 Å². The zero-order valence-electron chi connectivity index (χ0n) is 10.1. The van der Waals surface area contributed by atoms with E-state index >= 15 is 0 Å². The molecule has 0 bridgehead atoms. The molecule has 0 fully saturated rings. The number of hydrogen-bond donors (Lipinski definition) is 2. The lowest BCUT2D eigenvalue weighted by Crippen LogP contribution is -1.98. The van der Waals surface area contributed by atoms with Gasteiger partial charge in [-0.05, 0) is 12.1 Å². The third kappa shape index (κ3) is 2.45. The quantitative estimate of drug-likeness (QED) is 0.556. The highest BCUT2D eigenvalue weighted by atomic mass is 32.2. The number of nitrogens with one attached hydrogen (secondary N) is 1. The second-order valence-electron chi connectivity index (χ2n) is 3.91. The number of nitrogens with zero attached hydrogens (tertiary/aromatic N) is 4. The lowest BCUT2D eigenvalue weighted by atomic mass is 10.2. The second-order valence-corrected chi connectivity index (χ2v) is 4.88. The predicted molar refractivity (Wildman–Crippen MR) is 72.4 cm³/mol. The molecule has 0 saturated carbocycles. The van der Waals surface area contributed by atoms with E-state index in [1.54, 1.807) is 12.4 Å². The molecule has 7 nitrogen and oxygen atoms in total. The molecule has 3 aromatic rings. The van der Waals surface area contributed by atoms with Crippen molar-refractivity contribution in [3.63, 3.8) is 0 Å². The molecule has 2 N–H and O–H groups in total. The summed E-state index contributed by atoms with van der Waals surface area (Å²) in [6.07, 6.45) is 4.39. The van der Waals surface area contributed by atoms with Gasteiger partial charge in [0.25, 0.3) is 0 Å². The van der Waals surface area contributed by atoms with E-state index in [1.165, 1.54) is 30.4 Å². The first kappa shape index (κ1) is 12.5. The van der Waals surface area contributed by atoms with Crippen LogP contribution in [-0.2, 0) is 5.75 Å². The van der Waals surface area contributed by atoms with E-state index in [2.05, 4.69) is 24.9 Å². The number of carboxylic acid groups (broad SMARTS) is 1. The molecule has 8 heteroatoms. The fourth-order valence-electron chi connectivity index (χ4n) is 1.63. The molecule has 3 rings (SSSR count). The highest BCUT2D eigenvalue weighted by molar-refractivity contribution is 7.98. The Hall–Kier alpha value is -2.48. The molecule has 3 heterocycles. The van der Waals surface area contributed by atoms with Gasteiger partial charge in [-0.15, -0.1) is 0 Å². The average Bonchev–Trinajstić information content (AvgIpc) is 2.94. The summed E-state index contributed by atoms with van der Waals surface area (Å²) in [6, 6.07) is 3.23. The standard InChI is InChI=1S/C12H9N5O2S/c18-12(19)7-1-2-8(13-3-7)4-20-11-9-10(15-5-14-9)16-6-17-11/h1-3,5-6H,4H2,(H,18,19)(H,14,15,16,17). The molecule has 20 heavy (non-hydrogen) atoms.